The van der Waals surface area contributed by atoms with Crippen LogP contribution in [0.2, 0.25) is 5.02 Å². The van der Waals surface area contributed by atoms with Crippen molar-refractivity contribution in [1.82, 2.24) is 0 Å². The van der Waals surface area contributed by atoms with Crippen LogP contribution < -0.4 is 5.32 Å². The minimum Gasteiger partial charge on any atom is -0.468 e. The Labute approximate surface area is 102 Å². The highest BCUT2D eigenvalue weighted by Crippen LogP contribution is 2.16. The number of ether oxygens (including phenoxy) is 1. The summed E-state index contributed by atoms with van der Waals surface area (Å²) in [7, 11) is 1.28. The van der Waals surface area contributed by atoms with E-state index in [2.05, 4.69) is 10.1 Å². The number of halogens is 1. The molecule has 0 spiro atoms. The number of carbonyl (C=O) groups excluding carboxylic acids is 2. The normalized spacial score (nSPS) is 9.62. The highest BCUT2D eigenvalue weighted by atomic mass is 35.5. The van der Waals surface area contributed by atoms with Crippen LogP contribution in [0.4, 0.5) is 10.5 Å². The average molecular weight is 260 g/mol. The van der Waals surface area contributed by atoms with Gasteiger partial charge in [-0.3, -0.25) is 9.59 Å². The molecule has 0 aliphatic heterocycles. The van der Waals surface area contributed by atoms with E-state index in [1.807, 2.05) is 0 Å². The molecule has 4 nitrogen and oxygen atoms in total. The van der Waals surface area contributed by atoms with Crippen LogP contribution in [0, 0.1) is 0 Å². The van der Waals surface area contributed by atoms with E-state index in [0.717, 1.165) is 11.8 Å². The van der Waals surface area contributed by atoms with Crippen molar-refractivity contribution < 1.29 is 14.3 Å². The predicted molar refractivity (Wildman–Crippen MR) is 64.9 cm³/mol. The summed E-state index contributed by atoms with van der Waals surface area (Å²) in [5.41, 5.74) is 0.592. The maximum absolute atomic E-state index is 11.3. The Hall–Kier alpha value is -1.20. The highest BCUT2D eigenvalue weighted by Gasteiger charge is 2.07. The van der Waals surface area contributed by atoms with Crippen molar-refractivity contribution in [2.75, 3.05) is 18.2 Å². The maximum atomic E-state index is 11.3. The first-order valence-electron chi connectivity index (χ1n) is 4.38. The summed E-state index contributed by atoms with van der Waals surface area (Å²) in [6.45, 7) is 0. The molecule has 0 heterocycles. The molecule has 0 saturated carbocycles. The minimum atomic E-state index is -0.439. The van der Waals surface area contributed by atoms with Gasteiger partial charge in [0.05, 0.1) is 7.11 Å². The maximum Gasteiger partial charge on any atom is 0.316 e. The van der Waals surface area contributed by atoms with E-state index in [4.69, 9.17) is 11.6 Å². The third kappa shape index (κ3) is 4.55. The fourth-order valence-corrected chi connectivity index (χ4v) is 1.65. The SMILES string of the molecule is COC(=O)CSC(=O)Nc1cccc(Cl)c1. The molecule has 0 saturated heterocycles. The van der Waals surface area contributed by atoms with E-state index in [0.29, 0.717) is 10.7 Å². The first-order chi connectivity index (χ1) is 7.61. The zero-order chi connectivity index (χ0) is 12.0. The summed E-state index contributed by atoms with van der Waals surface area (Å²) in [4.78, 5) is 22.1. The van der Waals surface area contributed by atoms with Gasteiger partial charge in [-0.05, 0) is 18.2 Å². The average Bonchev–Trinajstić information content (AvgIpc) is 2.26. The molecule has 1 rings (SSSR count). The van der Waals surface area contributed by atoms with Crippen LogP contribution in [-0.2, 0) is 9.53 Å². The van der Waals surface area contributed by atoms with E-state index < -0.39 is 5.97 Å². The van der Waals surface area contributed by atoms with Crippen molar-refractivity contribution in [3.8, 4) is 0 Å². The van der Waals surface area contributed by atoms with Gasteiger partial charge < -0.3 is 10.1 Å². The molecule has 0 atom stereocenters. The first kappa shape index (κ1) is 12.9. The Kier molecular flexibility index (Phi) is 5.14. The van der Waals surface area contributed by atoms with Gasteiger partial charge in [-0.15, -0.1) is 0 Å². The molecule has 0 aliphatic rings. The van der Waals surface area contributed by atoms with Crippen LogP contribution in [0.5, 0.6) is 0 Å². The molecule has 1 aromatic rings. The van der Waals surface area contributed by atoms with E-state index in [1.165, 1.54) is 7.11 Å². The Bertz CT molecular complexity index is 397. The van der Waals surface area contributed by atoms with Gasteiger partial charge in [0.2, 0.25) is 0 Å². The number of hydrogen-bond acceptors (Lipinski definition) is 4. The summed E-state index contributed by atoms with van der Waals surface area (Å²) >= 11 is 6.59. The third-order valence-corrected chi connectivity index (χ3v) is 2.60. The molecule has 0 radical (unpaired) electrons. The number of benzene rings is 1. The number of carbonyl (C=O) groups is 2. The fraction of sp³-hybridized carbons (Fsp3) is 0.200. The number of nitrogens with one attached hydrogen (secondary N) is 1. The largest absolute Gasteiger partial charge is 0.468 e. The van der Waals surface area contributed by atoms with E-state index in [1.54, 1.807) is 24.3 Å². The summed E-state index contributed by atoms with van der Waals surface area (Å²) in [5, 5.41) is 2.81. The molecule has 0 unspecified atom stereocenters. The zero-order valence-electron chi connectivity index (χ0n) is 8.53. The molecule has 1 amide bonds. The van der Waals surface area contributed by atoms with Gasteiger partial charge in [0.15, 0.2) is 0 Å². The smallest absolute Gasteiger partial charge is 0.316 e. The Morgan fingerprint density at radius 2 is 2.25 bits per heavy atom. The van der Waals surface area contributed by atoms with Gasteiger partial charge in [-0.2, -0.15) is 0 Å². The van der Waals surface area contributed by atoms with Crippen molar-refractivity contribution in [1.29, 1.82) is 0 Å². The second kappa shape index (κ2) is 6.40. The minimum absolute atomic E-state index is 0.0110. The zero-order valence-corrected chi connectivity index (χ0v) is 10.1. The van der Waals surface area contributed by atoms with Crippen molar-refractivity contribution in [2.24, 2.45) is 0 Å². The monoisotopic (exact) mass is 259 g/mol. The first-order valence-corrected chi connectivity index (χ1v) is 5.74. The highest BCUT2D eigenvalue weighted by molar-refractivity contribution is 8.14. The molecule has 0 aromatic heterocycles. The van der Waals surface area contributed by atoms with E-state index in [9.17, 15) is 9.59 Å². The van der Waals surface area contributed by atoms with Gasteiger partial charge in [-0.1, -0.05) is 29.4 Å². The van der Waals surface area contributed by atoms with Gasteiger partial charge in [0.25, 0.3) is 5.24 Å². The second-order valence-corrected chi connectivity index (χ2v) is 4.17. The molecule has 16 heavy (non-hydrogen) atoms. The van der Waals surface area contributed by atoms with Crippen molar-refractivity contribution in [3.63, 3.8) is 0 Å². The number of methoxy groups -OCH3 is 1. The summed E-state index contributed by atoms with van der Waals surface area (Å²) < 4.78 is 4.41. The number of rotatable bonds is 3. The van der Waals surface area contributed by atoms with Crippen molar-refractivity contribution in [2.45, 2.75) is 0 Å². The van der Waals surface area contributed by atoms with Gasteiger partial charge in [-0.25, -0.2) is 0 Å². The predicted octanol–water partition coefficient (Wildman–Crippen LogP) is 2.78. The molecule has 0 bridgehead atoms. The quantitative estimate of drug-likeness (QED) is 0.848. The van der Waals surface area contributed by atoms with Crippen LogP contribution in [0.25, 0.3) is 0 Å². The van der Waals surface area contributed by atoms with Gasteiger partial charge >= 0.3 is 5.97 Å². The lowest BCUT2D eigenvalue weighted by molar-refractivity contribution is -0.137. The molecule has 0 aliphatic carbocycles. The van der Waals surface area contributed by atoms with Gasteiger partial charge in [0, 0.05) is 10.7 Å². The third-order valence-electron chi connectivity index (χ3n) is 1.62. The Morgan fingerprint density at radius 1 is 1.50 bits per heavy atom. The Morgan fingerprint density at radius 3 is 2.88 bits per heavy atom. The summed E-state index contributed by atoms with van der Waals surface area (Å²) in [5.74, 6) is -0.450. The molecule has 1 N–H and O–H groups in total. The molecular formula is C10H10ClNO3S. The topological polar surface area (TPSA) is 55.4 Å². The van der Waals surface area contributed by atoms with Crippen LogP contribution in [0.1, 0.15) is 0 Å². The van der Waals surface area contributed by atoms with Crippen molar-refractivity contribution >= 4 is 40.3 Å². The molecule has 86 valence electrons. The standard InChI is InChI=1S/C10H10ClNO3S/c1-15-9(13)6-16-10(14)12-8-4-2-3-7(11)5-8/h2-5H,6H2,1H3,(H,12,14). The molecule has 6 heteroatoms. The summed E-state index contributed by atoms with van der Waals surface area (Å²) in [6, 6.07) is 6.77. The molecular weight excluding hydrogens is 250 g/mol. The number of thioether (sulfide) groups is 1. The van der Waals surface area contributed by atoms with Crippen LogP contribution in [0.15, 0.2) is 24.3 Å². The number of anilines is 1. The van der Waals surface area contributed by atoms with E-state index in [-0.39, 0.29) is 11.0 Å². The second-order valence-electron chi connectivity index (χ2n) is 2.79. The fourth-order valence-electron chi connectivity index (χ4n) is 0.904. The molecule has 0 fully saturated rings. The van der Waals surface area contributed by atoms with Crippen molar-refractivity contribution in [3.05, 3.63) is 29.3 Å². The lowest BCUT2D eigenvalue weighted by Crippen LogP contribution is -2.10. The molecule has 1 aromatic carbocycles. The van der Waals surface area contributed by atoms with Crippen LogP contribution >= 0.6 is 23.4 Å². The Balaban J connectivity index is 2.43. The van der Waals surface area contributed by atoms with E-state index >= 15 is 0 Å². The van der Waals surface area contributed by atoms with Crippen LogP contribution in [0.3, 0.4) is 0 Å². The lowest BCUT2D eigenvalue weighted by Gasteiger charge is -2.04. The van der Waals surface area contributed by atoms with Crippen LogP contribution in [-0.4, -0.2) is 24.1 Å². The summed E-state index contributed by atoms with van der Waals surface area (Å²) in [6.07, 6.45) is 0. The number of esters is 1. The van der Waals surface area contributed by atoms with Gasteiger partial charge in [0.1, 0.15) is 5.75 Å². The number of hydrogen-bond donors (Lipinski definition) is 1. The number of amides is 1. The lowest BCUT2D eigenvalue weighted by atomic mass is 10.3.